The Hall–Kier alpha value is -1.32. The minimum atomic E-state index is 0.577. The van der Waals surface area contributed by atoms with Gasteiger partial charge in [-0.2, -0.15) is 4.98 Å². The second kappa shape index (κ2) is 6.42. The summed E-state index contributed by atoms with van der Waals surface area (Å²) in [6, 6.07) is 3.29. The van der Waals surface area contributed by atoms with Crippen molar-refractivity contribution in [1.82, 2.24) is 9.97 Å². The lowest BCUT2D eigenvalue weighted by Gasteiger charge is -2.36. The van der Waals surface area contributed by atoms with Gasteiger partial charge >= 0.3 is 0 Å². The van der Waals surface area contributed by atoms with Crippen LogP contribution in [0.15, 0.2) is 12.3 Å². The molecule has 110 valence electrons. The van der Waals surface area contributed by atoms with Gasteiger partial charge in [-0.25, -0.2) is 4.98 Å². The van der Waals surface area contributed by atoms with Crippen LogP contribution >= 0.6 is 0 Å². The average Bonchev–Trinajstić information content (AvgIpc) is 3.00. The molecular weight excluding hydrogens is 248 g/mol. The summed E-state index contributed by atoms with van der Waals surface area (Å²) in [6.07, 6.45) is 12.2. The molecule has 1 N–H and O–H groups in total. The Morgan fingerprint density at radius 2 is 2.00 bits per heavy atom. The lowest BCUT2D eigenvalue weighted by Crippen LogP contribution is -2.39. The molecule has 1 aliphatic carbocycles. The predicted octanol–water partition coefficient (Wildman–Crippen LogP) is 3.60. The van der Waals surface area contributed by atoms with E-state index in [1.165, 1.54) is 51.4 Å². The average molecular weight is 274 g/mol. The van der Waals surface area contributed by atoms with Crippen LogP contribution in [0.4, 0.5) is 11.8 Å². The number of nitrogens with zero attached hydrogens (tertiary/aromatic N) is 3. The van der Waals surface area contributed by atoms with Crippen LogP contribution in [0.3, 0.4) is 0 Å². The number of piperidine rings is 1. The maximum atomic E-state index is 4.76. The Morgan fingerprint density at radius 3 is 2.80 bits per heavy atom. The molecule has 2 aliphatic rings. The van der Waals surface area contributed by atoms with E-state index in [0.717, 1.165) is 18.3 Å². The van der Waals surface area contributed by atoms with E-state index in [9.17, 15) is 0 Å². The molecule has 3 rings (SSSR count). The zero-order chi connectivity index (χ0) is 13.8. The Bertz CT molecular complexity index is 428. The number of hydrogen-bond acceptors (Lipinski definition) is 4. The van der Waals surface area contributed by atoms with Crippen molar-refractivity contribution >= 4 is 11.8 Å². The van der Waals surface area contributed by atoms with E-state index in [2.05, 4.69) is 28.2 Å². The zero-order valence-electron chi connectivity index (χ0n) is 12.5. The van der Waals surface area contributed by atoms with Crippen molar-refractivity contribution < 1.29 is 0 Å². The quantitative estimate of drug-likeness (QED) is 0.911. The van der Waals surface area contributed by atoms with Crippen molar-refractivity contribution in [3.63, 3.8) is 0 Å². The van der Waals surface area contributed by atoms with Gasteiger partial charge in [0.25, 0.3) is 0 Å². The fraction of sp³-hybridized carbons (Fsp3) is 0.750. The Labute approximate surface area is 122 Å². The van der Waals surface area contributed by atoms with Gasteiger partial charge in [-0.1, -0.05) is 19.8 Å². The van der Waals surface area contributed by atoms with Crippen molar-refractivity contribution in [3.05, 3.63) is 12.3 Å². The van der Waals surface area contributed by atoms with Crippen molar-refractivity contribution in [3.8, 4) is 0 Å². The van der Waals surface area contributed by atoms with Crippen molar-refractivity contribution in [2.24, 2.45) is 0 Å². The minimum absolute atomic E-state index is 0.577. The number of anilines is 2. The molecular formula is C16H26N4. The first-order chi connectivity index (χ1) is 9.86. The van der Waals surface area contributed by atoms with Gasteiger partial charge in [-0.05, 0) is 44.6 Å². The van der Waals surface area contributed by atoms with Crippen LogP contribution in [-0.2, 0) is 0 Å². The third-order valence-corrected chi connectivity index (χ3v) is 4.72. The molecule has 0 bridgehead atoms. The van der Waals surface area contributed by atoms with E-state index in [1.807, 2.05) is 6.20 Å². The topological polar surface area (TPSA) is 41.1 Å². The summed E-state index contributed by atoms with van der Waals surface area (Å²) in [4.78, 5) is 11.6. The highest BCUT2D eigenvalue weighted by Crippen LogP contribution is 2.26. The van der Waals surface area contributed by atoms with E-state index >= 15 is 0 Å². The largest absolute Gasteiger partial charge is 0.353 e. The van der Waals surface area contributed by atoms with Crippen LogP contribution in [0.25, 0.3) is 0 Å². The summed E-state index contributed by atoms with van der Waals surface area (Å²) >= 11 is 0. The fourth-order valence-corrected chi connectivity index (χ4v) is 3.56. The Balaban J connectivity index is 1.72. The van der Waals surface area contributed by atoms with Gasteiger partial charge in [-0.15, -0.1) is 0 Å². The van der Waals surface area contributed by atoms with Crippen molar-refractivity contribution in [1.29, 1.82) is 0 Å². The van der Waals surface area contributed by atoms with Crippen LogP contribution in [0, 0.1) is 0 Å². The molecule has 2 heterocycles. The van der Waals surface area contributed by atoms with Gasteiger partial charge in [0.2, 0.25) is 5.95 Å². The molecule has 2 fully saturated rings. The number of rotatable bonds is 4. The monoisotopic (exact) mass is 274 g/mol. The minimum Gasteiger partial charge on any atom is -0.353 e. The molecule has 1 aromatic heterocycles. The summed E-state index contributed by atoms with van der Waals surface area (Å²) < 4.78 is 0. The van der Waals surface area contributed by atoms with E-state index in [4.69, 9.17) is 4.98 Å². The third-order valence-electron chi connectivity index (χ3n) is 4.72. The molecule has 4 heteroatoms. The molecule has 1 aromatic rings. The van der Waals surface area contributed by atoms with Gasteiger partial charge in [0, 0.05) is 24.8 Å². The third kappa shape index (κ3) is 3.05. The molecule has 20 heavy (non-hydrogen) atoms. The summed E-state index contributed by atoms with van der Waals surface area (Å²) in [5, 5.41) is 3.50. The number of hydrogen-bond donors (Lipinski definition) is 1. The van der Waals surface area contributed by atoms with Crippen LogP contribution < -0.4 is 10.2 Å². The SMILES string of the molecule is CCC1CCCCN1c1ccnc(NC2CCCC2)n1. The molecule has 4 nitrogen and oxygen atoms in total. The molecule has 1 saturated carbocycles. The van der Waals surface area contributed by atoms with Gasteiger partial charge < -0.3 is 10.2 Å². The first-order valence-electron chi connectivity index (χ1n) is 8.23. The molecule has 0 aromatic carbocycles. The molecule has 1 atom stereocenters. The van der Waals surface area contributed by atoms with Gasteiger partial charge in [0.1, 0.15) is 5.82 Å². The molecule has 1 aliphatic heterocycles. The number of aromatic nitrogens is 2. The Morgan fingerprint density at radius 1 is 1.20 bits per heavy atom. The summed E-state index contributed by atoms with van der Waals surface area (Å²) in [5.41, 5.74) is 0. The number of nitrogens with one attached hydrogen (secondary N) is 1. The van der Waals surface area contributed by atoms with Crippen LogP contribution in [-0.4, -0.2) is 28.6 Å². The second-order valence-corrected chi connectivity index (χ2v) is 6.12. The first kappa shape index (κ1) is 13.7. The highest BCUT2D eigenvalue weighted by molar-refractivity contribution is 5.44. The van der Waals surface area contributed by atoms with Crippen LogP contribution in [0.2, 0.25) is 0 Å². The molecule has 1 unspecified atom stereocenters. The standard InChI is InChI=1S/C16H26N4/c1-2-14-9-5-6-12-20(14)15-10-11-17-16(19-15)18-13-7-3-4-8-13/h10-11,13-14H,2-9,12H2,1H3,(H,17,18,19). The highest BCUT2D eigenvalue weighted by Gasteiger charge is 2.22. The lowest BCUT2D eigenvalue weighted by atomic mass is 10.0. The van der Waals surface area contributed by atoms with E-state index < -0.39 is 0 Å². The summed E-state index contributed by atoms with van der Waals surface area (Å²) in [5.74, 6) is 1.92. The Kier molecular flexibility index (Phi) is 4.38. The highest BCUT2D eigenvalue weighted by atomic mass is 15.2. The molecule has 0 radical (unpaired) electrons. The van der Waals surface area contributed by atoms with Crippen LogP contribution in [0.1, 0.15) is 58.3 Å². The normalized spacial score (nSPS) is 24.1. The maximum absolute atomic E-state index is 4.76. The maximum Gasteiger partial charge on any atom is 0.224 e. The van der Waals surface area contributed by atoms with Crippen molar-refractivity contribution in [2.45, 2.75) is 70.4 Å². The zero-order valence-corrected chi connectivity index (χ0v) is 12.5. The first-order valence-corrected chi connectivity index (χ1v) is 8.23. The molecule has 0 amide bonds. The van der Waals surface area contributed by atoms with E-state index in [-0.39, 0.29) is 0 Å². The van der Waals surface area contributed by atoms with Gasteiger partial charge in [-0.3, -0.25) is 0 Å². The van der Waals surface area contributed by atoms with Gasteiger partial charge in [0.05, 0.1) is 0 Å². The van der Waals surface area contributed by atoms with Crippen LogP contribution in [0.5, 0.6) is 0 Å². The lowest BCUT2D eigenvalue weighted by molar-refractivity contribution is 0.446. The van der Waals surface area contributed by atoms with E-state index in [0.29, 0.717) is 12.1 Å². The summed E-state index contributed by atoms with van der Waals surface area (Å²) in [6.45, 7) is 3.42. The smallest absolute Gasteiger partial charge is 0.224 e. The molecule has 1 saturated heterocycles. The summed E-state index contributed by atoms with van der Waals surface area (Å²) in [7, 11) is 0. The van der Waals surface area contributed by atoms with Crippen molar-refractivity contribution in [2.75, 3.05) is 16.8 Å². The fourth-order valence-electron chi connectivity index (χ4n) is 3.56. The van der Waals surface area contributed by atoms with Gasteiger partial charge in [0.15, 0.2) is 0 Å². The van der Waals surface area contributed by atoms with E-state index in [1.54, 1.807) is 0 Å². The predicted molar refractivity (Wildman–Crippen MR) is 83.2 cm³/mol. The second-order valence-electron chi connectivity index (χ2n) is 6.12. The molecule has 0 spiro atoms.